The van der Waals surface area contributed by atoms with Crippen molar-refractivity contribution in [1.29, 1.82) is 0 Å². The van der Waals surface area contributed by atoms with E-state index in [9.17, 15) is 4.79 Å². The number of ether oxygens (including phenoxy) is 2. The predicted molar refractivity (Wildman–Crippen MR) is 116 cm³/mol. The molecule has 1 unspecified atom stereocenters. The van der Waals surface area contributed by atoms with Gasteiger partial charge in [0.05, 0.1) is 12.3 Å². The van der Waals surface area contributed by atoms with Gasteiger partial charge in [0.15, 0.2) is 28.6 Å². The number of hydrogen-bond donors (Lipinski definition) is 0. The Morgan fingerprint density at radius 1 is 1.17 bits per heavy atom. The van der Waals surface area contributed by atoms with Gasteiger partial charge in [-0.1, -0.05) is 48.2 Å². The van der Waals surface area contributed by atoms with Crippen LogP contribution >= 0.6 is 11.8 Å². The van der Waals surface area contributed by atoms with Gasteiger partial charge in [-0.3, -0.25) is 4.79 Å². The van der Waals surface area contributed by atoms with E-state index < -0.39 is 0 Å². The van der Waals surface area contributed by atoms with Crippen LogP contribution in [0, 0.1) is 6.92 Å². The molecule has 1 atom stereocenters. The summed E-state index contributed by atoms with van der Waals surface area (Å²) in [4.78, 5) is 14.3. The molecule has 156 valence electrons. The Morgan fingerprint density at radius 3 is 2.70 bits per heavy atom. The lowest BCUT2D eigenvalue weighted by atomic mass is 10.1. The van der Waals surface area contributed by atoms with E-state index in [1.807, 2.05) is 67.1 Å². The highest BCUT2D eigenvalue weighted by Gasteiger charge is 2.24. The number of hydrogen-bond acceptors (Lipinski definition) is 6. The van der Waals surface area contributed by atoms with Crippen molar-refractivity contribution in [1.82, 2.24) is 19.7 Å². The van der Waals surface area contributed by atoms with Gasteiger partial charge in [0.1, 0.15) is 6.61 Å². The highest BCUT2D eigenvalue weighted by Crippen LogP contribution is 2.31. The second-order valence-corrected chi connectivity index (χ2v) is 8.18. The smallest absolute Gasteiger partial charge is 0.232 e. The maximum Gasteiger partial charge on any atom is 0.232 e. The van der Waals surface area contributed by atoms with Crippen molar-refractivity contribution in [2.75, 3.05) is 26.0 Å². The molecule has 1 aliphatic heterocycles. The monoisotopic (exact) mass is 424 g/mol. The lowest BCUT2D eigenvalue weighted by Gasteiger charge is -2.29. The maximum absolute atomic E-state index is 12.6. The number of aromatic nitrogens is 3. The molecule has 0 N–H and O–H groups in total. The number of amides is 1. The van der Waals surface area contributed by atoms with Crippen molar-refractivity contribution < 1.29 is 14.3 Å². The number of carbonyl (C=O) groups excluding carboxylic acids is 1. The van der Waals surface area contributed by atoms with Crippen LogP contribution in [0.1, 0.15) is 5.56 Å². The van der Waals surface area contributed by atoms with Crippen LogP contribution in [0.5, 0.6) is 11.5 Å². The SMILES string of the molecule is Cc1ccccc1-c1nnc(SCC(=O)N(C)CC2COc3ccccc3O2)n1C. The minimum atomic E-state index is -0.193. The molecule has 30 heavy (non-hydrogen) atoms. The molecule has 0 fully saturated rings. The van der Waals surface area contributed by atoms with Crippen LogP contribution in [0.2, 0.25) is 0 Å². The van der Waals surface area contributed by atoms with Gasteiger partial charge in [0.2, 0.25) is 5.91 Å². The topological polar surface area (TPSA) is 69.5 Å². The molecule has 0 spiro atoms. The molecule has 0 saturated heterocycles. The first-order chi connectivity index (χ1) is 14.5. The van der Waals surface area contributed by atoms with E-state index in [0.717, 1.165) is 22.7 Å². The molecule has 2 aromatic carbocycles. The first kappa shape index (κ1) is 20.3. The molecule has 0 saturated carbocycles. The second kappa shape index (κ2) is 8.79. The standard InChI is InChI=1S/C22H24N4O3S/c1-15-8-4-5-9-17(15)21-23-24-22(26(21)3)30-14-20(27)25(2)12-16-13-28-18-10-6-7-11-19(18)29-16/h4-11,16H,12-14H2,1-3H3. The summed E-state index contributed by atoms with van der Waals surface area (Å²) in [6.45, 7) is 2.93. The molecule has 8 heteroatoms. The molecule has 7 nitrogen and oxygen atoms in total. The number of para-hydroxylation sites is 2. The van der Waals surface area contributed by atoms with Crippen molar-refractivity contribution in [2.24, 2.45) is 7.05 Å². The minimum absolute atomic E-state index is 0.00269. The lowest BCUT2D eigenvalue weighted by molar-refractivity contribution is -0.128. The summed E-state index contributed by atoms with van der Waals surface area (Å²) in [6.07, 6.45) is -0.193. The van der Waals surface area contributed by atoms with Gasteiger partial charge in [0, 0.05) is 19.7 Å². The van der Waals surface area contributed by atoms with E-state index in [2.05, 4.69) is 10.2 Å². The van der Waals surface area contributed by atoms with Gasteiger partial charge in [0.25, 0.3) is 0 Å². The lowest BCUT2D eigenvalue weighted by Crippen LogP contribution is -2.42. The summed E-state index contributed by atoms with van der Waals surface area (Å²) in [7, 11) is 3.70. The van der Waals surface area contributed by atoms with E-state index >= 15 is 0 Å². The minimum Gasteiger partial charge on any atom is -0.486 e. The fourth-order valence-corrected chi connectivity index (χ4v) is 4.15. The Morgan fingerprint density at radius 2 is 1.90 bits per heavy atom. The Hall–Kier alpha value is -3.00. The fraction of sp³-hybridized carbons (Fsp3) is 0.318. The summed E-state index contributed by atoms with van der Waals surface area (Å²) < 4.78 is 13.6. The van der Waals surface area contributed by atoms with E-state index in [-0.39, 0.29) is 17.8 Å². The Balaban J connectivity index is 1.33. The molecular weight excluding hydrogens is 400 g/mol. The van der Waals surface area contributed by atoms with Crippen LogP contribution in [0.3, 0.4) is 0 Å². The molecule has 1 aliphatic rings. The molecule has 0 radical (unpaired) electrons. The molecule has 3 aromatic rings. The Kier molecular flexibility index (Phi) is 5.94. The van der Waals surface area contributed by atoms with Crippen LogP contribution in [-0.4, -0.2) is 57.6 Å². The molecule has 4 rings (SSSR count). The summed E-state index contributed by atoms with van der Waals surface area (Å²) in [5.41, 5.74) is 2.18. The van der Waals surface area contributed by atoms with Gasteiger partial charge >= 0.3 is 0 Å². The molecule has 1 aromatic heterocycles. The van der Waals surface area contributed by atoms with Crippen molar-refractivity contribution >= 4 is 17.7 Å². The molecule has 1 amide bonds. The van der Waals surface area contributed by atoms with Crippen LogP contribution in [0.4, 0.5) is 0 Å². The fourth-order valence-electron chi connectivity index (χ4n) is 3.30. The largest absolute Gasteiger partial charge is 0.486 e. The van der Waals surface area contributed by atoms with Gasteiger partial charge in [-0.05, 0) is 24.6 Å². The number of thioether (sulfide) groups is 1. The van der Waals surface area contributed by atoms with E-state index in [1.165, 1.54) is 11.8 Å². The third-order valence-corrected chi connectivity index (χ3v) is 6.02. The van der Waals surface area contributed by atoms with Gasteiger partial charge in [-0.15, -0.1) is 10.2 Å². The number of carbonyl (C=O) groups is 1. The summed E-state index contributed by atoms with van der Waals surface area (Å²) in [5.74, 6) is 2.53. The highest BCUT2D eigenvalue weighted by molar-refractivity contribution is 7.99. The number of aryl methyl sites for hydroxylation is 1. The van der Waals surface area contributed by atoms with E-state index in [0.29, 0.717) is 24.1 Å². The van der Waals surface area contributed by atoms with Crippen molar-refractivity contribution in [3.8, 4) is 22.9 Å². The number of rotatable bonds is 6. The number of fused-ring (bicyclic) bond motifs is 1. The van der Waals surface area contributed by atoms with Crippen molar-refractivity contribution in [3.05, 3.63) is 54.1 Å². The average molecular weight is 425 g/mol. The van der Waals surface area contributed by atoms with E-state index in [1.54, 1.807) is 11.9 Å². The van der Waals surface area contributed by atoms with Gasteiger partial charge in [-0.2, -0.15) is 0 Å². The van der Waals surface area contributed by atoms with E-state index in [4.69, 9.17) is 9.47 Å². The summed E-state index contributed by atoms with van der Waals surface area (Å²) >= 11 is 1.38. The normalized spacial score (nSPS) is 15.1. The quantitative estimate of drug-likeness (QED) is 0.566. The summed E-state index contributed by atoms with van der Waals surface area (Å²) in [5, 5.41) is 9.29. The van der Waals surface area contributed by atoms with Gasteiger partial charge < -0.3 is 18.9 Å². The molecular formula is C22H24N4O3S. The van der Waals surface area contributed by atoms with Crippen LogP contribution < -0.4 is 9.47 Å². The predicted octanol–water partition coefficient (Wildman–Crippen LogP) is 3.18. The maximum atomic E-state index is 12.6. The van der Waals surface area contributed by atoms with Crippen molar-refractivity contribution in [2.45, 2.75) is 18.2 Å². The van der Waals surface area contributed by atoms with Crippen molar-refractivity contribution in [3.63, 3.8) is 0 Å². The third kappa shape index (κ3) is 4.28. The molecule has 0 aliphatic carbocycles. The zero-order valence-corrected chi connectivity index (χ0v) is 18.1. The molecule has 0 bridgehead atoms. The third-order valence-electron chi connectivity index (χ3n) is 5.02. The van der Waals surface area contributed by atoms with Crippen LogP contribution in [-0.2, 0) is 11.8 Å². The van der Waals surface area contributed by atoms with Crippen LogP contribution in [0.25, 0.3) is 11.4 Å². The number of likely N-dealkylation sites (N-methyl/N-ethyl adjacent to an activating group) is 1. The highest BCUT2D eigenvalue weighted by atomic mass is 32.2. The number of nitrogens with zero attached hydrogens (tertiary/aromatic N) is 4. The first-order valence-corrected chi connectivity index (χ1v) is 10.7. The first-order valence-electron chi connectivity index (χ1n) is 9.73. The zero-order chi connectivity index (χ0) is 21.1. The second-order valence-electron chi connectivity index (χ2n) is 7.24. The Bertz CT molecular complexity index is 1050. The van der Waals surface area contributed by atoms with Gasteiger partial charge in [-0.25, -0.2) is 0 Å². The molecule has 2 heterocycles. The summed E-state index contributed by atoms with van der Waals surface area (Å²) in [6, 6.07) is 15.6. The number of benzene rings is 2. The Labute approximate surface area is 180 Å². The van der Waals surface area contributed by atoms with Crippen LogP contribution in [0.15, 0.2) is 53.7 Å². The average Bonchev–Trinajstić information content (AvgIpc) is 3.12. The zero-order valence-electron chi connectivity index (χ0n) is 17.2.